The van der Waals surface area contributed by atoms with Crippen LogP contribution in [-0.2, 0) is 16.1 Å². The number of nitrogens with zero attached hydrogens (tertiary/aromatic N) is 3. The summed E-state index contributed by atoms with van der Waals surface area (Å²) in [6.07, 6.45) is 2.66. The zero-order valence-corrected chi connectivity index (χ0v) is 15.8. The molecular formula is C20H28N4O2. The number of rotatable bonds is 3. The number of carbonyl (C=O) groups is 1. The molecule has 26 heavy (non-hydrogen) atoms. The molecule has 6 nitrogen and oxygen atoms in total. The highest BCUT2D eigenvalue weighted by atomic mass is 16.5. The Bertz CT molecular complexity index is 794. The largest absolute Gasteiger partial charge is 0.368 e. The lowest BCUT2D eigenvalue weighted by molar-refractivity contribution is -0.140. The first kappa shape index (κ1) is 17.5. The number of aromatic amines is 1. The zero-order chi connectivity index (χ0) is 18.1. The molecule has 140 valence electrons. The fourth-order valence-electron chi connectivity index (χ4n) is 3.98. The number of benzene rings is 1. The highest BCUT2D eigenvalue weighted by molar-refractivity contribution is 5.81. The third kappa shape index (κ3) is 3.48. The van der Waals surface area contributed by atoms with Crippen LogP contribution in [0.25, 0.3) is 11.0 Å². The Morgan fingerprint density at radius 2 is 2.12 bits per heavy atom. The number of H-pyrrole nitrogens is 1. The number of fused-ring (bicyclic) bond motifs is 1. The van der Waals surface area contributed by atoms with Crippen molar-refractivity contribution in [2.24, 2.45) is 0 Å². The Morgan fingerprint density at radius 1 is 1.23 bits per heavy atom. The van der Waals surface area contributed by atoms with Gasteiger partial charge < -0.3 is 14.6 Å². The van der Waals surface area contributed by atoms with Gasteiger partial charge in [-0.1, -0.05) is 6.07 Å². The maximum atomic E-state index is 12.6. The van der Waals surface area contributed by atoms with E-state index >= 15 is 0 Å². The number of ether oxygens (including phenoxy) is 1. The van der Waals surface area contributed by atoms with E-state index in [1.807, 2.05) is 4.90 Å². The molecule has 2 aliphatic heterocycles. The summed E-state index contributed by atoms with van der Waals surface area (Å²) in [6, 6.07) is 4.25. The number of aryl methyl sites for hydroxylation is 2. The maximum absolute atomic E-state index is 12.6. The summed E-state index contributed by atoms with van der Waals surface area (Å²) >= 11 is 0. The van der Waals surface area contributed by atoms with Gasteiger partial charge in [0.25, 0.3) is 5.91 Å². The van der Waals surface area contributed by atoms with Crippen LogP contribution in [-0.4, -0.2) is 64.6 Å². The molecule has 1 atom stereocenters. The van der Waals surface area contributed by atoms with E-state index < -0.39 is 0 Å². The average Bonchev–Trinajstić information content (AvgIpc) is 3.25. The molecule has 2 aromatic rings. The predicted octanol–water partition coefficient (Wildman–Crippen LogP) is 2.39. The van der Waals surface area contributed by atoms with Gasteiger partial charge in [0.1, 0.15) is 11.9 Å². The normalized spacial score (nSPS) is 22.1. The monoisotopic (exact) mass is 356 g/mol. The van der Waals surface area contributed by atoms with Crippen LogP contribution in [0.15, 0.2) is 12.1 Å². The zero-order valence-electron chi connectivity index (χ0n) is 15.8. The summed E-state index contributed by atoms with van der Waals surface area (Å²) in [6.45, 7) is 9.25. The summed E-state index contributed by atoms with van der Waals surface area (Å²) in [5.74, 6) is 1.19. The molecule has 0 saturated carbocycles. The summed E-state index contributed by atoms with van der Waals surface area (Å²) in [7, 11) is 0. The summed E-state index contributed by atoms with van der Waals surface area (Å²) < 4.78 is 5.57. The Hall–Kier alpha value is -1.92. The number of aromatic nitrogens is 2. The first-order valence-electron chi connectivity index (χ1n) is 9.69. The van der Waals surface area contributed by atoms with Gasteiger partial charge in [0.05, 0.1) is 17.6 Å². The summed E-state index contributed by atoms with van der Waals surface area (Å²) in [5, 5.41) is 0. The fraction of sp³-hybridized carbons (Fsp3) is 0.600. The van der Waals surface area contributed by atoms with E-state index in [0.29, 0.717) is 0 Å². The van der Waals surface area contributed by atoms with Gasteiger partial charge in [0, 0.05) is 32.8 Å². The van der Waals surface area contributed by atoms with Gasteiger partial charge in [0.15, 0.2) is 0 Å². The molecule has 1 amide bonds. The molecule has 4 rings (SSSR count). The van der Waals surface area contributed by atoms with Crippen molar-refractivity contribution in [3.8, 4) is 0 Å². The molecule has 0 aliphatic carbocycles. The van der Waals surface area contributed by atoms with E-state index in [1.165, 1.54) is 11.1 Å². The van der Waals surface area contributed by atoms with Gasteiger partial charge in [-0.2, -0.15) is 0 Å². The van der Waals surface area contributed by atoms with Crippen LogP contribution in [0.4, 0.5) is 0 Å². The lowest BCUT2D eigenvalue weighted by Gasteiger charge is -2.24. The van der Waals surface area contributed by atoms with E-state index in [4.69, 9.17) is 9.72 Å². The predicted molar refractivity (Wildman–Crippen MR) is 101 cm³/mol. The summed E-state index contributed by atoms with van der Waals surface area (Å²) in [5.41, 5.74) is 4.70. The fourth-order valence-corrected chi connectivity index (χ4v) is 3.98. The molecule has 6 heteroatoms. The van der Waals surface area contributed by atoms with Crippen LogP contribution in [0.1, 0.15) is 36.2 Å². The second-order valence-corrected chi connectivity index (χ2v) is 7.54. The smallest absolute Gasteiger partial charge is 0.251 e. The minimum Gasteiger partial charge on any atom is -0.368 e. The molecular weight excluding hydrogens is 328 g/mol. The molecule has 2 saturated heterocycles. The molecule has 0 bridgehead atoms. The van der Waals surface area contributed by atoms with Gasteiger partial charge in [-0.25, -0.2) is 4.98 Å². The molecule has 1 unspecified atom stereocenters. The van der Waals surface area contributed by atoms with Gasteiger partial charge in [-0.05, 0) is 50.3 Å². The third-order valence-corrected chi connectivity index (χ3v) is 5.71. The van der Waals surface area contributed by atoms with Gasteiger partial charge in [-0.3, -0.25) is 9.69 Å². The van der Waals surface area contributed by atoms with Crippen molar-refractivity contribution in [2.45, 2.75) is 45.8 Å². The Morgan fingerprint density at radius 3 is 2.92 bits per heavy atom. The lowest BCUT2D eigenvalue weighted by atomic mass is 10.1. The second kappa shape index (κ2) is 7.37. The Balaban J connectivity index is 1.40. The maximum Gasteiger partial charge on any atom is 0.251 e. The van der Waals surface area contributed by atoms with E-state index in [0.717, 1.165) is 75.5 Å². The topological polar surface area (TPSA) is 61.5 Å². The molecule has 2 fully saturated rings. The first-order valence-corrected chi connectivity index (χ1v) is 9.69. The third-order valence-electron chi connectivity index (χ3n) is 5.71. The SMILES string of the molecule is Cc1ccc2[nH]c(CN3CCCN(C(=O)C4CCCO4)CC3)nc2c1C. The van der Waals surface area contributed by atoms with Crippen molar-refractivity contribution in [2.75, 3.05) is 32.8 Å². The van der Waals surface area contributed by atoms with Crippen LogP contribution in [0.2, 0.25) is 0 Å². The van der Waals surface area contributed by atoms with Gasteiger partial charge >= 0.3 is 0 Å². The lowest BCUT2D eigenvalue weighted by Crippen LogP contribution is -2.41. The van der Waals surface area contributed by atoms with E-state index in [9.17, 15) is 4.79 Å². The minimum absolute atomic E-state index is 0.180. The molecule has 1 N–H and O–H groups in total. The number of imidazole rings is 1. The first-order chi connectivity index (χ1) is 12.6. The molecule has 0 radical (unpaired) electrons. The second-order valence-electron chi connectivity index (χ2n) is 7.54. The van der Waals surface area contributed by atoms with Gasteiger partial charge in [-0.15, -0.1) is 0 Å². The molecule has 3 heterocycles. The minimum atomic E-state index is -0.205. The van der Waals surface area contributed by atoms with Gasteiger partial charge in [0.2, 0.25) is 0 Å². The van der Waals surface area contributed by atoms with Crippen molar-refractivity contribution in [3.63, 3.8) is 0 Å². The molecule has 1 aromatic carbocycles. The van der Waals surface area contributed by atoms with Crippen molar-refractivity contribution >= 4 is 16.9 Å². The van der Waals surface area contributed by atoms with Crippen LogP contribution >= 0.6 is 0 Å². The Labute approximate surface area is 154 Å². The summed E-state index contributed by atoms with van der Waals surface area (Å²) in [4.78, 5) is 25.2. The standard InChI is InChI=1S/C20H28N4O2/c1-14-6-7-16-19(15(14)2)22-18(21-16)13-23-8-4-9-24(11-10-23)20(25)17-5-3-12-26-17/h6-7,17H,3-5,8-13H2,1-2H3,(H,21,22). The van der Waals surface area contributed by atoms with E-state index in [-0.39, 0.29) is 12.0 Å². The number of nitrogens with one attached hydrogen (secondary N) is 1. The molecule has 1 aromatic heterocycles. The van der Waals surface area contributed by atoms with Crippen LogP contribution in [0, 0.1) is 13.8 Å². The van der Waals surface area contributed by atoms with Crippen molar-refractivity contribution in [1.29, 1.82) is 0 Å². The highest BCUT2D eigenvalue weighted by Gasteiger charge is 2.29. The van der Waals surface area contributed by atoms with Crippen LogP contribution in [0.5, 0.6) is 0 Å². The van der Waals surface area contributed by atoms with Crippen LogP contribution < -0.4 is 0 Å². The van der Waals surface area contributed by atoms with Crippen molar-refractivity contribution < 1.29 is 9.53 Å². The average molecular weight is 356 g/mol. The quantitative estimate of drug-likeness (QED) is 0.917. The number of hydrogen-bond donors (Lipinski definition) is 1. The molecule has 2 aliphatic rings. The molecule has 0 spiro atoms. The van der Waals surface area contributed by atoms with E-state index in [2.05, 4.69) is 35.9 Å². The van der Waals surface area contributed by atoms with E-state index in [1.54, 1.807) is 0 Å². The number of amides is 1. The highest BCUT2D eigenvalue weighted by Crippen LogP contribution is 2.20. The van der Waals surface area contributed by atoms with Crippen molar-refractivity contribution in [3.05, 3.63) is 29.1 Å². The number of hydrogen-bond acceptors (Lipinski definition) is 4. The van der Waals surface area contributed by atoms with Crippen LogP contribution in [0.3, 0.4) is 0 Å². The Kier molecular flexibility index (Phi) is 4.96. The number of carbonyl (C=O) groups excluding carboxylic acids is 1. The van der Waals surface area contributed by atoms with Crippen molar-refractivity contribution in [1.82, 2.24) is 19.8 Å².